The Hall–Kier alpha value is -0.770. The molecule has 0 fully saturated rings. The quantitative estimate of drug-likeness (QED) is 0.628. The zero-order valence-electron chi connectivity index (χ0n) is 10.9. The lowest BCUT2D eigenvalue weighted by molar-refractivity contribution is 0.176. The summed E-state index contributed by atoms with van der Waals surface area (Å²) < 4.78 is 10.3. The molecule has 1 N–H and O–H groups in total. The maximum absolute atomic E-state index is 6.25. The van der Waals surface area contributed by atoms with Gasteiger partial charge < -0.3 is 9.47 Å². The molecule has 0 saturated heterocycles. The molecule has 0 bridgehead atoms. The van der Waals surface area contributed by atoms with E-state index >= 15 is 0 Å². The number of halogens is 1. The van der Waals surface area contributed by atoms with Crippen LogP contribution in [0.25, 0.3) is 0 Å². The number of methoxy groups -OCH3 is 2. The summed E-state index contributed by atoms with van der Waals surface area (Å²) in [5.74, 6) is 0.906. The lowest BCUT2D eigenvalue weighted by atomic mass is 10.0. The topological polar surface area (TPSA) is 30.5 Å². The highest BCUT2D eigenvalue weighted by Crippen LogP contribution is 2.31. The molecule has 1 aromatic carbocycles. The maximum Gasteiger partial charge on any atom is 0.122 e. The fourth-order valence-electron chi connectivity index (χ4n) is 1.84. The van der Waals surface area contributed by atoms with Gasteiger partial charge in [0, 0.05) is 18.7 Å². The van der Waals surface area contributed by atoms with Gasteiger partial charge in [0.2, 0.25) is 0 Å². The Morgan fingerprint density at radius 2 is 2.00 bits per heavy atom. The molecule has 0 atom stereocenters. The summed E-state index contributed by atoms with van der Waals surface area (Å²) in [6.07, 6.45) is 0.873. The molecular formula is C13H20ClNO2. The fourth-order valence-corrected chi connectivity index (χ4v) is 2.01. The second-order valence-electron chi connectivity index (χ2n) is 4.00. The zero-order valence-corrected chi connectivity index (χ0v) is 11.6. The summed E-state index contributed by atoms with van der Waals surface area (Å²) >= 11 is 6.25. The van der Waals surface area contributed by atoms with Crippen molar-refractivity contribution < 1.29 is 9.47 Å². The molecule has 0 aliphatic heterocycles. The minimum Gasteiger partial charge on any atom is -0.496 e. The molecule has 96 valence electrons. The summed E-state index contributed by atoms with van der Waals surface area (Å²) in [5.41, 5.74) is 3.31. The highest BCUT2D eigenvalue weighted by molar-refractivity contribution is 6.32. The van der Waals surface area contributed by atoms with Crippen molar-refractivity contribution in [2.24, 2.45) is 0 Å². The lowest BCUT2D eigenvalue weighted by Crippen LogP contribution is -2.20. The van der Waals surface area contributed by atoms with Crippen LogP contribution in [-0.4, -0.2) is 27.5 Å². The van der Waals surface area contributed by atoms with Crippen LogP contribution in [0.2, 0.25) is 5.02 Å². The Bertz CT molecular complexity index is 380. The van der Waals surface area contributed by atoms with Gasteiger partial charge in [0.1, 0.15) is 5.75 Å². The van der Waals surface area contributed by atoms with Crippen LogP contribution < -0.4 is 10.1 Å². The minimum atomic E-state index is 0.557. The SMILES string of the molecule is COCNCCc1c(OC)cc(C)c(Cl)c1C. The highest BCUT2D eigenvalue weighted by atomic mass is 35.5. The van der Waals surface area contributed by atoms with Crippen molar-refractivity contribution in [1.29, 1.82) is 0 Å². The van der Waals surface area contributed by atoms with E-state index in [4.69, 9.17) is 21.1 Å². The lowest BCUT2D eigenvalue weighted by Gasteiger charge is -2.15. The first kappa shape index (κ1) is 14.3. The third kappa shape index (κ3) is 3.60. The summed E-state index contributed by atoms with van der Waals surface area (Å²) in [4.78, 5) is 0. The third-order valence-corrected chi connectivity index (χ3v) is 3.37. The monoisotopic (exact) mass is 257 g/mol. The van der Waals surface area contributed by atoms with E-state index in [2.05, 4.69) is 5.32 Å². The molecule has 0 aliphatic carbocycles. The molecule has 4 heteroatoms. The predicted molar refractivity (Wildman–Crippen MR) is 71.1 cm³/mol. The van der Waals surface area contributed by atoms with E-state index in [0.717, 1.165) is 40.4 Å². The van der Waals surface area contributed by atoms with E-state index in [0.29, 0.717) is 6.73 Å². The van der Waals surface area contributed by atoms with Gasteiger partial charge in [0.05, 0.1) is 13.8 Å². The Kier molecular flexibility index (Phi) is 5.75. The van der Waals surface area contributed by atoms with Crippen molar-refractivity contribution in [2.45, 2.75) is 20.3 Å². The number of ether oxygens (including phenoxy) is 2. The Balaban J connectivity index is 2.85. The molecule has 0 aromatic heterocycles. The second kappa shape index (κ2) is 6.84. The largest absolute Gasteiger partial charge is 0.496 e. The van der Waals surface area contributed by atoms with Crippen molar-refractivity contribution in [3.8, 4) is 5.75 Å². The van der Waals surface area contributed by atoms with Crippen LogP contribution in [-0.2, 0) is 11.2 Å². The van der Waals surface area contributed by atoms with Crippen LogP contribution in [0.4, 0.5) is 0 Å². The molecule has 3 nitrogen and oxygen atoms in total. The smallest absolute Gasteiger partial charge is 0.122 e. The van der Waals surface area contributed by atoms with Gasteiger partial charge in [-0.2, -0.15) is 0 Å². The van der Waals surface area contributed by atoms with Crippen LogP contribution in [0.5, 0.6) is 5.75 Å². The molecule has 1 rings (SSSR count). The first-order chi connectivity index (χ1) is 8.11. The van der Waals surface area contributed by atoms with Crippen LogP contribution in [0.1, 0.15) is 16.7 Å². The Morgan fingerprint density at radius 1 is 1.29 bits per heavy atom. The Morgan fingerprint density at radius 3 is 2.59 bits per heavy atom. The van der Waals surface area contributed by atoms with Crippen molar-refractivity contribution in [1.82, 2.24) is 5.32 Å². The van der Waals surface area contributed by atoms with Gasteiger partial charge in [-0.3, -0.25) is 5.32 Å². The number of aryl methyl sites for hydroxylation is 1. The molecule has 0 saturated carbocycles. The van der Waals surface area contributed by atoms with Crippen LogP contribution in [0.3, 0.4) is 0 Å². The highest BCUT2D eigenvalue weighted by Gasteiger charge is 2.12. The average molecular weight is 258 g/mol. The van der Waals surface area contributed by atoms with E-state index in [1.54, 1.807) is 14.2 Å². The fraction of sp³-hybridized carbons (Fsp3) is 0.538. The first-order valence-electron chi connectivity index (χ1n) is 5.64. The average Bonchev–Trinajstić information content (AvgIpc) is 2.33. The van der Waals surface area contributed by atoms with E-state index < -0.39 is 0 Å². The van der Waals surface area contributed by atoms with Crippen LogP contribution in [0, 0.1) is 13.8 Å². The second-order valence-corrected chi connectivity index (χ2v) is 4.37. The van der Waals surface area contributed by atoms with E-state index in [9.17, 15) is 0 Å². The molecule has 0 spiro atoms. The Labute approximate surface area is 108 Å². The van der Waals surface area contributed by atoms with Gasteiger partial charge in [0.25, 0.3) is 0 Å². The standard InChI is InChI=1S/C13H20ClNO2/c1-9-7-12(17-4)11(10(2)13(9)14)5-6-15-8-16-3/h7,15H,5-6,8H2,1-4H3. The molecule has 0 heterocycles. The normalized spacial score (nSPS) is 10.6. The number of benzene rings is 1. The maximum atomic E-state index is 6.25. The van der Waals surface area contributed by atoms with E-state index in [-0.39, 0.29) is 0 Å². The van der Waals surface area contributed by atoms with E-state index in [1.165, 1.54) is 0 Å². The minimum absolute atomic E-state index is 0.557. The van der Waals surface area contributed by atoms with Crippen molar-refractivity contribution in [3.05, 3.63) is 27.8 Å². The van der Waals surface area contributed by atoms with Gasteiger partial charge in [-0.05, 0) is 43.0 Å². The van der Waals surface area contributed by atoms with Gasteiger partial charge in [-0.1, -0.05) is 11.6 Å². The predicted octanol–water partition coefficient (Wildman–Crippen LogP) is 2.70. The zero-order chi connectivity index (χ0) is 12.8. The number of hydrogen-bond donors (Lipinski definition) is 1. The molecule has 0 amide bonds. The molecular weight excluding hydrogens is 238 g/mol. The molecule has 0 aliphatic rings. The summed E-state index contributed by atoms with van der Waals surface area (Å²) in [6, 6.07) is 1.99. The van der Waals surface area contributed by atoms with Gasteiger partial charge in [-0.25, -0.2) is 0 Å². The van der Waals surface area contributed by atoms with Gasteiger partial charge in [-0.15, -0.1) is 0 Å². The summed E-state index contributed by atoms with van der Waals surface area (Å²) in [6.45, 7) is 5.42. The molecule has 0 unspecified atom stereocenters. The molecule has 1 aromatic rings. The number of nitrogens with one attached hydrogen (secondary N) is 1. The van der Waals surface area contributed by atoms with Crippen molar-refractivity contribution >= 4 is 11.6 Å². The van der Waals surface area contributed by atoms with E-state index in [1.807, 2.05) is 19.9 Å². The van der Waals surface area contributed by atoms with Gasteiger partial charge >= 0.3 is 0 Å². The van der Waals surface area contributed by atoms with Crippen molar-refractivity contribution in [3.63, 3.8) is 0 Å². The van der Waals surface area contributed by atoms with Crippen LogP contribution >= 0.6 is 11.6 Å². The van der Waals surface area contributed by atoms with Crippen LogP contribution in [0.15, 0.2) is 6.07 Å². The van der Waals surface area contributed by atoms with Gasteiger partial charge in [0.15, 0.2) is 0 Å². The third-order valence-electron chi connectivity index (χ3n) is 2.79. The summed E-state index contributed by atoms with van der Waals surface area (Å²) in [7, 11) is 3.36. The number of rotatable bonds is 6. The molecule has 17 heavy (non-hydrogen) atoms. The van der Waals surface area contributed by atoms with Crippen molar-refractivity contribution in [2.75, 3.05) is 27.5 Å². The first-order valence-corrected chi connectivity index (χ1v) is 6.01. The number of hydrogen-bond acceptors (Lipinski definition) is 3. The molecule has 0 radical (unpaired) electrons. The summed E-state index contributed by atoms with van der Waals surface area (Å²) in [5, 5.41) is 4.00.